The van der Waals surface area contributed by atoms with Crippen molar-refractivity contribution in [2.45, 2.75) is 12.6 Å². The van der Waals surface area contributed by atoms with Gasteiger partial charge < -0.3 is 14.6 Å². The average Bonchev–Trinajstić information content (AvgIpc) is 3.11. The molecule has 1 atom stereocenters. The molecule has 33 heavy (non-hydrogen) atoms. The maximum Gasteiger partial charge on any atom is 0.253 e. The van der Waals surface area contributed by atoms with Gasteiger partial charge in [-0.05, 0) is 48.5 Å². The number of benzene rings is 3. The summed E-state index contributed by atoms with van der Waals surface area (Å²) in [6, 6.07) is 21.0. The molecule has 0 spiro atoms. The summed E-state index contributed by atoms with van der Waals surface area (Å²) in [5.41, 5.74) is 2.76. The van der Waals surface area contributed by atoms with E-state index in [2.05, 4.69) is 9.47 Å². The fourth-order valence-corrected chi connectivity index (χ4v) is 5.05. The Hall–Kier alpha value is -2.57. The first-order valence-corrected chi connectivity index (χ1v) is 11.9. The maximum absolute atomic E-state index is 12.7. The first-order chi connectivity index (χ1) is 16.0. The highest BCUT2D eigenvalue weighted by molar-refractivity contribution is 6.33. The molecule has 0 radical (unpaired) electrons. The van der Waals surface area contributed by atoms with Crippen LogP contribution >= 0.6 is 23.2 Å². The standard InChI is InChI=1S/C26H25Cl2N3O2/c27-19-6-8-24-22(14-19)23-15-20(28)7-9-25(23)31(24)17-21(32)16-29-10-12-30(13-11-29)26(33)18-4-2-1-3-5-18/h1-9,14-15,21,32H,10-13,16-17H2/t21-/m1/s1. The summed E-state index contributed by atoms with van der Waals surface area (Å²) in [4.78, 5) is 16.8. The molecule has 170 valence electrons. The minimum absolute atomic E-state index is 0.0680. The van der Waals surface area contributed by atoms with Crippen molar-refractivity contribution in [3.05, 3.63) is 82.3 Å². The van der Waals surface area contributed by atoms with E-state index in [1.807, 2.05) is 71.6 Å². The smallest absolute Gasteiger partial charge is 0.253 e. The summed E-state index contributed by atoms with van der Waals surface area (Å²) in [6.45, 7) is 3.82. The Bertz CT molecular complexity index is 1240. The van der Waals surface area contributed by atoms with E-state index < -0.39 is 6.10 Å². The molecule has 4 aromatic rings. The van der Waals surface area contributed by atoms with Crippen LogP contribution in [0.1, 0.15) is 10.4 Å². The van der Waals surface area contributed by atoms with Gasteiger partial charge in [0.1, 0.15) is 0 Å². The second kappa shape index (κ2) is 9.35. The van der Waals surface area contributed by atoms with Crippen LogP contribution in [-0.2, 0) is 6.54 Å². The number of hydrogen-bond donors (Lipinski definition) is 1. The predicted octanol–water partition coefficient (Wildman–Crippen LogP) is 4.92. The summed E-state index contributed by atoms with van der Waals surface area (Å²) >= 11 is 12.5. The van der Waals surface area contributed by atoms with Gasteiger partial charge in [-0.25, -0.2) is 0 Å². The van der Waals surface area contributed by atoms with Crippen molar-refractivity contribution >= 4 is 50.9 Å². The van der Waals surface area contributed by atoms with Crippen molar-refractivity contribution in [1.82, 2.24) is 14.4 Å². The molecule has 0 unspecified atom stereocenters. The normalized spacial score (nSPS) is 15.9. The molecule has 1 aliphatic heterocycles. The minimum atomic E-state index is -0.550. The largest absolute Gasteiger partial charge is 0.390 e. The number of hydrogen-bond acceptors (Lipinski definition) is 3. The molecule has 1 amide bonds. The fraction of sp³-hybridized carbons (Fsp3) is 0.269. The quantitative estimate of drug-likeness (QED) is 0.440. The molecule has 1 N–H and O–H groups in total. The van der Waals surface area contributed by atoms with Gasteiger partial charge in [0.05, 0.1) is 12.6 Å². The zero-order valence-corrected chi connectivity index (χ0v) is 19.6. The second-order valence-corrected chi connectivity index (χ2v) is 9.42. The van der Waals surface area contributed by atoms with Gasteiger partial charge >= 0.3 is 0 Å². The number of fused-ring (bicyclic) bond motifs is 3. The van der Waals surface area contributed by atoms with Gasteiger partial charge in [-0.15, -0.1) is 0 Å². The van der Waals surface area contributed by atoms with Gasteiger partial charge in [-0.3, -0.25) is 9.69 Å². The number of carbonyl (C=O) groups excluding carboxylic acids is 1. The van der Waals surface area contributed by atoms with Crippen LogP contribution in [0.4, 0.5) is 0 Å². The lowest BCUT2D eigenvalue weighted by atomic mass is 10.1. The third kappa shape index (κ3) is 4.59. The molecule has 5 rings (SSSR count). The number of aromatic nitrogens is 1. The van der Waals surface area contributed by atoms with Crippen LogP contribution in [0.3, 0.4) is 0 Å². The van der Waals surface area contributed by atoms with Crippen molar-refractivity contribution < 1.29 is 9.90 Å². The Morgan fingerprint density at radius 2 is 1.39 bits per heavy atom. The molecule has 7 heteroatoms. The molecule has 3 aromatic carbocycles. The Balaban J connectivity index is 1.27. The Morgan fingerprint density at radius 1 is 0.818 bits per heavy atom. The number of piperazine rings is 1. The Labute approximate surface area is 202 Å². The maximum atomic E-state index is 12.7. The molecule has 1 fully saturated rings. The zero-order valence-electron chi connectivity index (χ0n) is 18.1. The number of halogens is 2. The Kier molecular flexibility index (Phi) is 6.30. The third-order valence-electron chi connectivity index (χ3n) is 6.33. The first kappa shape index (κ1) is 22.2. The van der Waals surface area contributed by atoms with E-state index in [0.29, 0.717) is 36.2 Å². The molecular weight excluding hydrogens is 457 g/mol. The van der Waals surface area contributed by atoms with Crippen LogP contribution < -0.4 is 0 Å². The van der Waals surface area contributed by atoms with Gasteiger partial charge in [0.25, 0.3) is 5.91 Å². The zero-order chi connectivity index (χ0) is 22.9. The van der Waals surface area contributed by atoms with Crippen LogP contribution in [0.5, 0.6) is 0 Å². The monoisotopic (exact) mass is 481 g/mol. The summed E-state index contributed by atoms with van der Waals surface area (Å²) < 4.78 is 2.14. The van der Waals surface area contributed by atoms with Crippen LogP contribution in [0.15, 0.2) is 66.7 Å². The number of nitrogens with zero attached hydrogens (tertiary/aromatic N) is 3. The van der Waals surface area contributed by atoms with Crippen LogP contribution in [0.25, 0.3) is 21.8 Å². The fourth-order valence-electron chi connectivity index (χ4n) is 4.71. The number of β-amino-alcohol motifs (C(OH)–C–C–N with tert-alkyl or cyclic N) is 1. The molecule has 0 aliphatic carbocycles. The second-order valence-electron chi connectivity index (χ2n) is 8.55. The highest BCUT2D eigenvalue weighted by Crippen LogP contribution is 2.33. The van der Waals surface area contributed by atoms with E-state index in [-0.39, 0.29) is 5.91 Å². The van der Waals surface area contributed by atoms with Crippen molar-refractivity contribution in [2.75, 3.05) is 32.7 Å². The van der Waals surface area contributed by atoms with Gasteiger partial charge in [-0.2, -0.15) is 0 Å². The van der Waals surface area contributed by atoms with Crippen molar-refractivity contribution in [1.29, 1.82) is 0 Å². The van der Waals surface area contributed by atoms with E-state index >= 15 is 0 Å². The van der Waals surface area contributed by atoms with Gasteiger partial charge in [-0.1, -0.05) is 41.4 Å². The van der Waals surface area contributed by atoms with Crippen LogP contribution in [0.2, 0.25) is 10.0 Å². The minimum Gasteiger partial charge on any atom is -0.390 e. The number of amides is 1. The molecule has 1 saturated heterocycles. The summed E-state index contributed by atoms with van der Waals surface area (Å²) in [7, 11) is 0. The molecule has 1 aromatic heterocycles. The average molecular weight is 482 g/mol. The van der Waals surface area contributed by atoms with Gasteiger partial charge in [0.2, 0.25) is 0 Å². The Morgan fingerprint density at radius 3 is 1.97 bits per heavy atom. The number of carbonyl (C=O) groups is 1. The highest BCUT2D eigenvalue weighted by atomic mass is 35.5. The van der Waals surface area contributed by atoms with Gasteiger partial charge in [0, 0.05) is 70.1 Å². The van der Waals surface area contributed by atoms with Crippen LogP contribution in [0, 0.1) is 0 Å². The summed E-state index contributed by atoms with van der Waals surface area (Å²) in [6.07, 6.45) is -0.550. The third-order valence-corrected chi connectivity index (χ3v) is 6.80. The number of aliphatic hydroxyl groups is 1. The van der Waals surface area contributed by atoms with E-state index in [4.69, 9.17) is 23.2 Å². The lowest BCUT2D eigenvalue weighted by Crippen LogP contribution is -2.50. The number of aliphatic hydroxyl groups excluding tert-OH is 1. The predicted molar refractivity (Wildman–Crippen MR) is 134 cm³/mol. The molecule has 1 aliphatic rings. The molecule has 0 saturated carbocycles. The number of rotatable bonds is 5. The molecule has 0 bridgehead atoms. The molecule has 2 heterocycles. The van der Waals surface area contributed by atoms with E-state index in [1.54, 1.807) is 0 Å². The van der Waals surface area contributed by atoms with Crippen molar-refractivity contribution in [3.63, 3.8) is 0 Å². The first-order valence-electron chi connectivity index (χ1n) is 11.1. The van der Waals surface area contributed by atoms with E-state index in [0.717, 1.165) is 40.5 Å². The lowest BCUT2D eigenvalue weighted by molar-refractivity contribution is 0.0503. The SMILES string of the molecule is O=C(c1ccccc1)N1CCN(C[C@@H](O)Cn2c3ccc(Cl)cc3c3cc(Cl)ccc32)CC1. The van der Waals surface area contributed by atoms with Crippen LogP contribution in [-0.4, -0.2) is 64.2 Å². The summed E-state index contributed by atoms with van der Waals surface area (Å²) in [5, 5.41) is 14.4. The highest BCUT2D eigenvalue weighted by Gasteiger charge is 2.24. The lowest BCUT2D eigenvalue weighted by Gasteiger charge is -2.35. The van der Waals surface area contributed by atoms with E-state index in [1.165, 1.54) is 0 Å². The van der Waals surface area contributed by atoms with Gasteiger partial charge in [0.15, 0.2) is 0 Å². The summed E-state index contributed by atoms with van der Waals surface area (Å²) in [5.74, 6) is 0.0680. The molecular formula is C26H25Cl2N3O2. The van der Waals surface area contributed by atoms with E-state index in [9.17, 15) is 9.90 Å². The molecule has 5 nitrogen and oxygen atoms in total. The van der Waals surface area contributed by atoms with Crippen molar-refractivity contribution in [2.24, 2.45) is 0 Å². The van der Waals surface area contributed by atoms with Crippen molar-refractivity contribution in [3.8, 4) is 0 Å². The topological polar surface area (TPSA) is 48.7 Å².